The van der Waals surface area contributed by atoms with Gasteiger partial charge in [0.15, 0.2) is 12.4 Å². The Kier molecular flexibility index (Phi) is 3.15. The highest BCUT2D eigenvalue weighted by Crippen LogP contribution is 2.29. The zero-order chi connectivity index (χ0) is 14.3. The van der Waals surface area contributed by atoms with Gasteiger partial charge in [0, 0.05) is 13.0 Å². The lowest BCUT2D eigenvalue weighted by atomic mass is 10.1. The first-order valence-electron chi connectivity index (χ1n) is 6.25. The topological polar surface area (TPSA) is 85.9 Å². The Labute approximate surface area is 114 Å². The van der Waals surface area contributed by atoms with Crippen molar-refractivity contribution in [2.75, 3.05) is 6.61 Å². The van der Waals surface area contributed by atoms with Gasteiger partial charge in [-0.25, -0.2) is 4.79 Å². The van der Waals surface area contributed by atoms with E-state index < -0.39 is 36.5 Å². The zero-order valence-corrected chi connectivity index (χ0v) is 10.8. The number of nitrogens with zero attached hydrogens (tertiary/aromatic N) is 1. The summed E-state index contributed by atoms with van der Waals surface area (Å²) in [6, 6.07) is 3.28. The number of carbonyl (C=O) groups is 2. The van der Waals surface area contributed by atoms with Gasteiger partial charge in [0.2, 0.25) is 6.10 Å². The van der Waals surface area contributed by atoms with Crippen molar-refractivity contribution < 1.29 is 33.5 Å². The van der Waals surface area contributed by atoms with Crippen molar-refractivity contribution >= 4 is 11.9 Å². The maximum Gasteiger partial charge on any atom is 0.344 e. The summed E-state index contributed by atoms with van der Waals surface area (Å²) >= 11 is 0. The molecule has 7 heteroatoms. The van der Waals surface area contributed by atoms with Crippen LogP contribution in [0, 0.1) is 0 Å². The van der Waals surface area contributed by atoms with E-state index in [0.29, 0.717) is 5.56 Å². The zero-order valence-electron chi connectivity index (χ0n) is 10.8. The molecule has 7 nitrogen and oxygen atoms in total. The number of rotatable bonds is 1. The van der Waals surface area contributed by atoms with Gasteiger partial charge in [0.05, 0.1) is 0 Å². The second kappa shape index (κ2) is 4.84. The summed E-state index contributed by atoms with van der Waals surface area (Å²) in [6.45, 7) is 1.18. The molecule has 0 unspecified atom stereocenters. The average molecular weight is 280 g/mol. The standard InChI is InChI=1S/C13H14NO6/c1-7(15)19-11-10(16)9-6-18-13(17)8-3-2-4-14(5-8)12(11)20-9/h2-5,9-12,16H,6H2,1H3/q+1/t9-,10-,11-,12-/m1/s1. The van der Waals surface area contributed by atoms with Crippen LogP contribution in [-0.2, 0) is 19.0 Å². The second-order valence-corrected chi connectivity index (χ2v) is 4.77. The minimum absolute atomic E-state index is 0.0900. The highest BCUT2D eigenvalue weighted by Gasteiger charge is 2.52. The van der Waals surface area contributed by atoms with E-state index in [9.17, 15) is 14.7 Å². The van der Waals surface area contributed by atoms with Gasteiger partial charge in [-0.3, -0.25) is 4.79 Å². The van der Waals surface area contributed by atoms with Crippen LogP contribution >= 0.6 is 0 Å². The first-order chi connectivity index (χ1) is 9.56. The Morgan fingerprint density at radius 3 is 3.10 bits per heavy atom. The van der Waals surface area contributed by atoms with Crippen LogP contribution in [0.3, 0.4) is 0 Å². The molecule has 1 fully saturated rings. The van der Waals surface area contributed by atoms with Gasteiger partial charge in [-0.15, -0.1) is 0 Å². The number of hydrogen-bond acceptors (Lipinski definition) is 6. The second-order valence-electron chi connectivity index (χ2n) is 4.77. The average Bonchev–Trinajstić information content (AvgIpc) is 2.74. The molecule has 0 radical (unpaired) electrons. The largest absolute Gasteiger partial charge is 0.459 e. The molecule has 1 aromatic heterocycles. The van der Waals surface area contributed by atoms with E-state index in [0.717, 1.165) is 0 Å². The molecule has 0 spiro atoms. The highest BCUT2D eigenvalue weighted by molar-refractivity contribution is 5.88. The number of aliphatic hydroxyl groups excluding tert-OH is 1. The van der Waals surface area contributed by atoms with Crippen LogP contribution in [0.2, 0.25) is 0 Å². The van der Waals surface area contributed by atoms with Crippen LogP contribution < -0.4 is 4.57 Å². The molecule has 2 aliphatic rings. The summed E-state index contributed by atoms with van der Waals surface area (Å²) in [5, 5.41) is 10.2. The molecule has 3 heterocycles. The number of cyclic esters (lactones) is 1. The number of hydrogen-bond donors (Lipinski definition) is 1. The van der Waals surface area contributed by atoms with Crippen molar-refractivity contribution in [3.05, 3.63) is 30.1 Å². The van der Waals surface area contributed by atoms with Crippen molar-refractivity contribution in [3.63, 3.8) is 0 Å². The van der Waals surface area contributed by atoms with Crippen LogP contribution in [0.5, 0.6) is 0 Å². The molecule has 2 aliphatic heterocycles. The summed E-state index contributed by atoms with van der Waals surface area (Å²) in [5.74, 6) is -0.985. The van der Waals surface area contributed by atoms with Gasteiger partial charge < -0.3 is 19.3 Å². The third-order valence-electron chi connectivity index (χ3n) is 3.35. The Morgan fingerprint density at radius 2 is 2.35 bits per heavy atom. The van der Waals surface area contributed by atoms with Crippen LogP contribution in [0.1, 0.15) is 23.5 Å². The van der Waals surface area contributed by atoms with Gasteiger partial charge in [-0.2, -0.15) is 4.57 Å². The van der Waals surface area contributed by atoms with Gasteiger partial charge >= 0.3 is 18.2 Å². The molecule has 0 amide bonds. The lowest BCUT2D eigenvalue weighted by Gasteiger charge is -2.17. The molecule has 0 aromatic carbocycles. The van der Waals surface area contributed by atoms with E-state index in [1.54, 1.807) is 29.1 Å². The van der Waals surface area contributed by atoms with E-state index in [4.69, 9.17) is 14.2 Å². The Balaban J connectivity index is 2.01. The molecule has 4 bridgehead atoms. The Bertz CT molecular complexity index is 560. The van der Waals surface area contributed by atoms with Gasteiger partial charge in [-0.05, 0) is 6.07 Å². The first-order valence-corrected chi connectivity index (χ1v) is 6.25. The quantitative estimate of drug-likeness (QED) is 0.542. The predicted octanol–water partition coefficient (Wildman–Crippen LogP) is -0.666. The SMILES string of the molecule is CC(=O)O[C@@H]1[C@H](O)[C@H]2COC(=O)c3ccc[n+](c3)[C@@H]1O2. The molecule has 4 atom stereocenters. The molecule has 1 aromatic rings. The van der Waals surface area contributed by atoms with E-state index in [1.165, 1.54) is 6.92 Å². The fourth-order valence-electron chi connectivity index (χ4n) is 2.43. The normalized spacial score (nSPS) is 31.8. The monoisotopic (exact) mass is 280 g/mol. The van der Waals surface area contributed by atoms with Crippen molar-refractivity contribution in [1.29, 1.82) is 0 Å². The molecule has 106 valence electrons. The number of ether oxygens (including phenoxy) is 3. The number of aromatic nitrogens is 1. The summed E-state index contributed by atoms with van der Waals surface area (Å²) in [5.41, 5.74) is 0.375. The summed E-state index contributed by atoms with van der Waals surface area (Å²) in [6.07, 6.45) is -0.0775. The number of esters is 2. The van der Waals surface area contributed by atoms with Crippen LogP contribution in [0.4, 0.5) is 0 Å². The number of pyridine rings is 1. The van der Waals surface area contributed by atoms with Crippen molar-refractivity contribution in [3.8, 4) is 0 Å². The van der Waals surface area contributed by atoms with Gasteiger partial charge in [-0.1, -0.05) is 0 Å². The van der Waals surface area contributed by atoms with Crippen molar-refractivity contribution in [2.24, 2.45) is 0 Å². The number of aliphatic hydroxyl groups is 1. The van der Waals surface area contributed by atoms with Crippen LogP contribution in [0.25, 0.3) is 0 Å². The summed E-state index contributed by atoms with van der Waals surface area (Å²) in [7, 11) is 0. The fourth-order valence-corrected chi connectivity index (χ4v) is 2.43. The third kappa shape index (κ3) is 2.14. The fraction of sp³-hybridized carbons (Fsp3) is 0.462. The van der Waals surface area contributed by atoms with Crippen molar-refractivity contribution in [1.82, 2.24) is 0 Å². The lowest BCUT2D eigenvalue weighted by Crippen LogP contribution is -2.48. The minimum atomic E-state index is -1.05. The molecular weight excluding hydrogens is 266 g/mol. The van der Waals surface area contributed by atoms with Crippen molar-refractivity contribution in [2.45, 2.75) is 31.5 Å². The van der Waals surface area contributed by atoms with Gasteiger partial charge in [0.1, 0.15) is 24.4 Å². The number of fused-ring (bicyclic) bond motifs is 5. The van der Waals surface area contributed by atoms with E-state index in [2.05, 4.69) is 0 Å². The lowest BCUT2D eigenvalue weighted by molar-refractivity contribution is -0.765. The Hall–Kier alpha value is -1.99. The van der Waals surface area contributed by atoms with Crippen LogP contribution in [-0.4, -0.2) is 42.0 Å². The highest BCUT2D eigenvalue weighted by atomic mass is 16.6. The van der Waals surface area contributed by atoms with Crippen LogP contribution in [0.15, 0.2) is 24.5 Å². The molecule has 0 saturated carbocycles. The van der Waals surface area contributed by atoms with E-state index in [1.807, 2.05) is 0 Å². The maximum atomic E-state index is 11.8. The molecule has 3 rings (SSSR count). The Morgan fingerprint density at radius 1 is 1.55 bits per heavy atom. The van der Waals surface area contributed by atoms with E-state index in [-0.39, 0.29) is 6.61 Å². The van der Waals surface area contributed by atoms with E-state index >= 15 is 0 Å². The van der Waals surface area contributed by atoms with Gasteiger partial charge in [0.25, 0.3) is 0 Å². The summed E-state index contributed by atoms with van der Waals surface area (Å²) < 4.78 is 17.5. The number of carbonyl (C=O) groups excluding carboxylic acids is 2. The smallest absolute Gasteiger partial charge is 0.344 e. The molecule has 20 heavy (non-hydrogen) atoms. The predicted molar refractivity (Wildman–Crippen MR) is 62.4 cm³/mol. The minimum Gasteiger partial charge on any atom is -0.459 e. The third-order valence-corrected chi connectivity index (χ3v) is 3.35. The molecule has 1 N–H and O–H groups in total. The maximum absolute atomic E-state index is 11.8. The first kappa shape index (κ1) is 13.0. The molecular formula is C13H14NO6+. The molecule has 0 aliphatic carbocycles. The molecule has 1 saturated heterocycles. The summed E-state index contributed by atoms with van der Waals surface area (Å²) in [4.78, 5) is 22.9.